The number of fused-ring (bicyclic) bond motifs is 1. The third-order valence-corrected chi connectivity index (χ3v) is 5.62. The average molecular weight is 415 g/mol. The quantitative estimate of drug-likeness (QED) is 0.716. The van der Waals surface area contributed by atoms with E-state index >= 15 is 0 Å². The van der Waals surface area contributed by atoms with Crippen LogP contribution in [0.15, 0.2) is 30.3 Å². The Bertz CT molecular complexity index is 899. The molecule has 0 aliphatic carbocycles. The minimum Gasteiger partial charge on any atom is -0.493 e. The lowest BCUT2D eigenvalue weighted by molar-refractivity contribution is -0.122. The third kappa shape index (κ3) is 4.46. The number of carbonyl (C=O) groups excluding carboxylic acids is 1. The summed E-state index contributed by atoms with van der Waals surface area (Å²) >= 11 is 0. The molecule has 2 aromatic carbocycles. The largest absolute Gasteiger partial charge is 0.493 e. The maximum Gasteiger partial charge on any atom is 0.233 e. The molecule has 0 fully saturated rings. The zero-order valence-electron chi connectivity index (χ0n) is 18.3. The van der Waals surface area contributed by atoms with Gasteiger partial charge in [-0.1, -0.05) is 6.07 Å². The first kappa shape index (κ1) is 21.8. The summed E-state index contributed by atoms with van der Waals surface area (Å²) in [5, 5.41) is 2.73. The summed E-state index contributed by atoms with van der Waals surface area (Å²) in [6, 6.07) is 10.0. The van der Waals surface area contributed by atoms with Crippen LogP contribution in [0.4, 0.5) is 0 Å². The molecule has 2 aromatic rings. The number of amides is 1. The van der Waals surface area contributed by atoms with Crippen molar-refractivity contribution >= 4 is 5.91 Å². The van der Waals surface area contributed by atoms with Crippen LogP contribution in [-0.4, -0.2) is 59.4 Å². The molecule has 162 valence electrons. The fourth-order valence-corrected chi connectivity index (χ4v) is 4.00. The predicted octanol–water partition coefficient (Wildman–Crippen LogP) is 2.61. The highest BCUT2D eigenvalue weighted by Gasteiger charge is 2.30. The Balaban J connectivity index is 2.01. The fourth-order valence-electron chi connectivity index (χ4n) is 4.00. The monoisotopic (exact) mass is 414 g/mol. The Kier molecular flexibility index (Phi) is 7.05. The topological polar surface area (TPSA) is 69.3 Å². The van der Waals surface area contributed by atoms with E-state index in [9.17, 15) is 4.79 Å². The van der Waals surface area contributed by atoms with E-state index in [4.69, 9.17) is 18.9 Å². The maximum absolute atomic E-state index is 12.2. The molecule has 1 aliphatic rings. The van der Waals surface area contributed by atoms with Crippen LogP contribution in [0, 0.1) is 0 Å². The summed E-state index contributed by atoms with van der Waals surface area (Å²) in [6.07, 6.45) is 1.56. The van der Waals surface area contributed by atoms with E-state index in [-0.39, 0.29) is 11.9 Å². The molecule has 0 saturated carbocycles. The van der Waals surface area contributed by atoms with Gasteiger partial charge >= 0.3 is 0 Å². The van der Waals surface area contributed by atoms with Crippen LogP contribution in [0.2, 0.25) is 0 Å². The van der Waals surface area contributed by atoms with Gasteiger partial charge in [0, 0.05) is 19.6 Å². The van der Waals surface area contributed by atoms with E-state index in [1.807, 2.05) is 30.3 Å². The first-order valence-corrected chi connectivity index (χ1v) is 9.94. The average Bonchev–Trinajstić information content (AvgIpc) is 2.79. The highest BCUT2D eigenvalue weighted by atomic mass is 16.5. The van der Waals surface area contributed by atoms with Gasteiger partial charge in [-0.25, -0.2) is 0 Å². The number of ether oxygens (including phenoxy) is 4. The van der Waals surface area contributed by atoms with Gasteiger partial charge in [-0.15, -0.1) is 0 Å². The zero-order chi connectivity index (χ0) is 21.7. The molecule has 7 nitrogen and oxygen atoms in total. The number of rotatable bonds is 8. The molecule has 1 atom stereocenters. The summed E-state index contributed by atoms with van der Waals surface area (Å²) in [5.41, 5.74) is 3.46. The standard InChI is InChI=1S/C23H30N2O5/c1-24-23(26)14-25-9-8-16-12-21(29-4)22(30-5)13-17(16)18(25)10-15-6-7-19(27-2)20(11-15)28-3/h6-7,11-13,18H,8-10,14H2,1-5H3,(H,24,26). The summed E-state index contributed by atoms with van der Waals surface area (Å²) in [4.78, 5) is 14.4. The fraction of sp³-hybridized carbons (Fsp3) is 0.435. The zero-order valence-corrected chi connectivity index (χ0v) is 18.3. The second kappa shape index (κ2) is 9.71. The van der Waals surface area contributed by atoms with Crippen molar-refractivity contribution in [1.82, 2.24) is 10.2 Å². The molecule has 1 N–H and O–H groups in total. The predicted molar refractivity (Wildman–Crippen MR) is 115 cm³/mol. The van der Waals surface area contributed by atoms with Gasteiger partial charge in [-0.3, -0.25) is 9.69 Å². The Morgan fingerprint density at radius 2 is 1.60 bits per heavy atom. The second-order valence-electron chi connectivity index (χ2n) is 7.21. The van der Waals surface area contributed by atoms with Gasteiger partial charge in [0.05, 0.1) is 35.0 Å². The maximum atomic E-state index is 12.2. The summed E-state index contributed by atoms with van der Waals surface area (Å²) in [5.74, 6) is 2.79. The van der Waals surface area contributed by atoms with Crippen molar-refractivity contribution in [2.24, 2.45) is 0 Å². The molecule has 0 saturated heterocycles. The number of methoxy groups -OCH3 is 4. The van der Waals surface area contributed by atoms with Gasteiger partial charge in [0.25, 0.3) is 0 Å². The van der Waals surface area contributed by atoms with Gasteiger partial charge in [0.15, 0.2) is 23.0 Å². The number of likely N-dealkylation sites (N-methyl/N-ethyl adjacent to an activating group) is 1. The highest BCUT2D eigenvalue weighted by molar-refractivity contribution is 5.77. The SMILES string of the molecule is CNC(=O)CN1CCc2cc(OC)c(OC)cc2C1Cc1ccc(OC)c(OC)c1. The Hall–Kier alpha value is -2.93. The number of hydrogen-bond acceptors (Lipinski definition) is 6. The van der Waals surface area contributed by atoms with Crippen LogP contribution in [0.25, 0.3) is 0 Å². The van der Waals surface area contributed by atoms with Crippen molar-refractivity contribution < 1.29 is 23.7 Å². The molecule has 3 rings (SSSR count). The van der Waals surface area contributed by atoms with Gasteiger partial charge in [-0.2, -0.15) is 0 Å². The molecule has 0 radical (unpaired) electrons. The van der Waals surface area contributed by atoms with Crippen molar-refractivity contribution in [3.63, 3.8) is 0 Å². The minimum absolute atomic E-state index is 0.00348. The number of hydrogen-bond donors (Lipinski definition) is 1. The molecule has 1 unspecified atom stereocenters. The Morgan fingerprint density at radius 3 is 2.23 bits per heavy atom. The first-order valence-electron chi connectivity index (χ1n) is 9.94. The van der Waals surface area contributed by atoms with Gasteiger partial charge < -0.3 is 24.3 Å². The third-order valence-electron chi connectivity index (χ3n) is 5.62. The normalized spacial score (nSPS) is 15.8. The van der Waals surface area contributed by atoms with Crippen LogP contribution >= 0.6 is 0 Å². The second-order valence-corrected chi connectivity index (χ2v) is 7.21. The first-order chi connectivity index (χ1) is 14.5. The molecule has 1 amide bonds. The van der Waals surface area contributed by atoms with Crippen molar-refractivity contribution in [2.75, 3.05) is 48.6 Å². The number of benzene rings is 2. The summed E-state index contributed by atoms with van der Waals surface area (Å²) in [7, 11) is 8.20. The van der Waals surface area contributed by atoms with Crippen molar-refractivity contribution in [3.8, 4) is 23.0 Å². The van der Waals surface area contributed by atoms with Crippen molar-refractivity contribution in [1.29, 1.82) is 0 Å². The Labute approximate surface area is 177 Å². The molecule has 0 spiro atoms. The van der Waals surface area contributed by atoms with Crippen LogP contribution in [0.1, 0.15) is 22.7 Å². The molecule has 7 heteroatoms. The number of carbonyl (C=O) groups is 1. The number of nitrogens with zero attached hydrogens (tertiary/aromatic N) is 1. The van der Waals surface area contributed by atoms with Gasteiger partial charge in [0.2, 0.25) is 5.91 Å². The van der Waals surface area contributed by atoms with Crippen LogP contribution < -0.4 is 24.3 Å². The van der Waals surface area contributed by atoms with Gasteiger partial charge in [-0.05, 0) is 53.8 Å². The molecular weight excluding hydrogens is 384 g/mol. The van der Waals surface area contributed by atoms with E-state index in [0.29, 0.717) is 23.8 Å². The molecule has 1 heterocycles. The smallest absolute Gasteiger partial charge is 0.233 e. The van der Waals surface area contributed by atoms with E-state index < -0.39 is 0 Å². The van der Waals surface area contributed by atoms with Crippen LogP contribution in [0.3, 0.4) is 0 Å². The molecular formula is C23H30N2O5. The van der Waals surface area contributed by atoms with Crippen molar-refractivity contribution in [3.05, 3.63) is 47.0 Å². The minimum atomic E-state index is -0.00348. The Morgan fingerprint density at radius 1 is 0.967 bits per heavy atom. The van der Waals surface area contributed by atoms with E-state index in [1.165, 1.54) is 5.56 Å². The van der Waals surface area contributed by atoms with Crippen molar-refractivity contribution in [2.45, 2.75) is 18.9 Å². The van der Waals surface area contributed by atoms with E-state index in [1.54, 1.807) is 35.5 Å². The molecule has 1 aliphatic heterocycles. The lowest BCUT2D eigenvalue weighted by Gasteiger charge is -2.37. The lowest BCUT2D eigenvalue weighted by Crippen LogP contribution is -2.42. The van der Waals surface area contributed by atoms with E-state index in [0.717, 1.165) is 36.3 Å². The summed E-state index contributed by atoms with van der Waals surface area (Å²) in [6.45, 7) is 1.12. The highest BCUT2D eigenvalue weighted by Crippen LogP contribution is 2.40. The molecule has 0 aromatic heterocycles. The molecule has 30 heavy (non-hydrogen) atoms. The molecule has 0 bridgehead atoms. The van der Waals surface area contributed by atoms with E-state index in [2.05, 4.69) is 10.2 Å². The van der Waals surface area contributed by atoms with Crippen LogP contribution in [0.5, 0.6) is 23.0 Å². The van der Waals surface area contributed by atoms with Gasteiger partial charge in [0.1, 0.15) is 0 Å². The summed E-state index contributed by atoms with van der Waals surface area (Å²) < 4.78 is 21.9. The number of nitrogens with one attached hydrogen (secondary N) is 1. The van der Waals surface area contributed by atoms with Crippen LogP contribution in [-0.2, 0) is 17.6 Å². The lowest BCUT2D eigenvalue weighted by atomic mass is 9.88.